The first-order valence-corrected chi connectivity index (χ1v) is 12.3. The van der Waals surface area contributed by atoms with Crippen LogP contribution in [-0.4, -0.2) is 62.1 Å². The number of amides is 1. The smallest absolute Gasteiger partial charge is 0.253 e. The van der Waals surface area contributed by atoms with E-state index in [1.54, 1.807) is 24.8 Å². The SMILES string of the molecule is Cc1cc(-c2n[nH]c3ncc(C(=O)N[C@H]4CN(C)C[C@@H]4c4cccc(-c5ccncc5)c4)cc23)ccn1. The minimum Gasteiger partial charge on any atom is -0.347 e. The number of pyridine rings is 3. The second-order valence-corrected chi connectivity index (χ2v) is 9.65. The molecule has 0 bridgehead atoms. The number of fused-ring (bicyclic) bond motifs is 1. The first-order chi connectivity index (χ1) is 18.0. The van der Waals surface area contributed by atoms with E-state index in [4.69, 9.17) is 0 Å². The van der Waals surface area contributed by atoms with Crippen molar-refractivity contribution in [3.8, 4) is 22.4 Å². The highest BCUT2D eigenvalue weighted by Gasteiger charge is 2.33. The normalized spacial score (nSPS) is 17.8. The lowest BCUT2D eigenvalue weighted by Gasteiger charge is -2.21. The molecule has 2 N–H and O–H groups in total. The molecule has 0 unspecified atom stereocenters. The van der Waals surface area contributed by atoms with Crippen LogP contribution in [0.2, 0.25) is 0 Å². The number of nitrogens with one attached hydrogen (secondary N) is 2. The predicted molar refractivity (Wildman–Crippen MR) is 143 cm³/mol. The second kappa shape index (κ2) is 9.55. The van der Waals surface area contributed by atoms with E-state index < -0.39 is 0 Å². The quantitative estimate of drug-likeness (QED) is 0.384. The molecule has 2 atom stereocenters. The van der Waals surface area contributed by atoms with Crippen LogP contribution in [0, 0.1) is 6.92 Å². The van der Waals surface area contributed by atoms with Crippen LogP contribution in [-0.2, 0) is 0 Å². The Kier molecular flexibility index (Phi) is 5.94. The van der Waals surface area contributed by atoms with Gasteiger partial charge >= 0.3 is 0 Å². The lowest BCUT2D eigenvalue weighted by molar-refractivity contribution is 0.0935. The van der Waals surface area contributed by atoms with Crippen LogP contribution in [0.1, 0.15) is 27.5 Å². The van der Waals surface area contributed by atoms with E-state index in [0.717, 1.165) is 46.6 Å². The van der Waals surface area contributed by atoms with E-state index in [9.17, 15) is 4.79 Å². The van der Waals surface area contributed by atoms with Gasteiger partial charge in [0.25, 0.3) is 5.91 Å². The highest BCUT2D eigenvalue weighted by atomic mass is 16.1. The van der Waals surface area contributed by atoms with Crippen LogP contribution < -0.4 is 5.32 Å². The Balaban J connectivity index is 1.27. The van der Waals surface area contributed by atoms with Gasteiger partial charge in [-0.2, -0.15) is 5.10 Å². The lowest BCUT2D eigenvalue weighted by Crippen LogP contribution is -2.39. The molecule has 1 aromatic carbocycles. The Hall–Kier alpha value is -4.43. The van der Waals surface area contributed by atoms with Crippen LogP contribution in [0.25, 0.3) is 33.4 Å². The van der Waals surface area contributed by atoms with E-state index in [0.29, 0.717) is 11.2 Å². The molecule has 5 aromatic rings. The van der Waals surface area contributed by atoms with Gasteiger partial charge in [0.2, 0.25) is 0 Å². The number of carbonyl (C=O) groups is 1. The van der Waals surface area contributed by atoms with Crippen molar-refractivity contribution >= 4 is 16.9 Å². The predicted octanol–water partition coefficient (Wildman–Crippen LogP) is 4.22. The van der Waals surface area contributed by atoms with Gasteiger partial charge in [0.1, 0.15) is 5.69 Å². The number of rotatable bonds is 5. The zero-order valence-corrected chi connectivity index (χ0v) is 20.7. The summed E-state index contributed by atoms with van der Waals surface area (Å²) in [7, 11) is 2.09. The second-order valence-electron chi connectivity index (χ2n) is 9.65. The zero-order valence-electron chi connectivity index (χ0n) is 20.7. The molecule has 6 rings (SSSR count). The number of likely N-dealkylation sites (N-methyl/N-ethyl adjacent to an activating group) is 1. The van der Waals surface area contributed by atoms with Crippen molar-refractivity contribution in [2.24, 2.45) is 0 Å². The molecule has 1 fully saturated rings. The summed E-state index contributed by atoms with van der Waals surface area (Å²) in [5.41, 5.74) is 7.24. The summed E-state index contributed by atoms with van der Waals surface area (Å²) < 4.78 is 0. The number of aromatic nitrogens is 5. The molecule has 8 heteroatoms. The van der Waals surface area contributed by atoms with Gasteiger partial charge in [-0.3, -0.25) is 19.9 Å². The fraction of sp³-hybridized carbons (Fsp3) is 0.207. The lowest BCUT2D eigenvalue weighted by atomic mass is 9.91. The van der Waals surface area contributed by atoms with Gasteiger partial charge in [-0.25, -0.2) is 4.98 Å². The first-order valence-electron chi connectivity index (χ1n) is 12.3. The van der Waals surface area contributed by atoms with Crippen LogP contribution in [0.3, 0.4) is 0 Å². The summed E-state index contributed by atoms with van der Waals surface area (Å²) in [5, 5.41) is 11.5. The molecule has 0 radical (unpaired) electrons. The fourth-order valence-electron chi connectivity index (χ4n) is 5.17. The number of aromatic amines is 1. The summed E-state index contributed by atoms with van der Waals surface area (Å²) in [6.45, 7) is 3.59. The number of benzene rings is 1. The molecule has 1 aliphatic heterocycles. The Morgan fingerprint density at radius 1 is 0.973 bits per heavy atom. The largest absolute Gasteiger partial charge is 0.347 e. The molecule has 8 nitrogen and oxygen atoms in total. The maximum Gasteiger partial charge on any atom is 0.253 e. The Bertz CT molecular complexity index is 1580. The summed E-state index contributed by atoms with van der Waals surface area (Å²) in [4.78, 5) is 28.6. The summed E-state index contributed by atoms with van der Waals surface area (Å²) in [5.74, 6) is 0.0414. The number of hydrogen-bond acceptors (Lipinski definition) is 6. The molecule has 0 saturated carbocycles. The Labute approximate surface area is 214 Å². The van der Waals surface area contributed by atoms with Crippen molar-refractivity contribution in [1.29, 1.82) is 0 Å². The molecular weight excluding hydrogens is 462 g/mol. The van der Waals surface area contributed by atoms with Crippen LogP contribution in [0.4, 0.5) is 0 Å². The van der Waals surface area contributed by atoms with Gasteiger partial charge in [-0.15, -0.1) is 0 Å². The van der Waals surface area contributed by atoms with Gasteiger partial charge in [0, 0.05) is 66.5 Å². The van der Waals surface area contributed by atoms with Gasteiger partial charge in [0.15, 0.2) is 5.65 Å². The van der Waals surface area contributed by atoms with Crippen molar-refractivity contribution in [3.63, 3.8) is 0 Å². The molecular formula is C29H27N7O. The standard InChI is InChI=1S/C29H27N7O/c1-18-12-22(8-11-31-18)27-24-14-23(15-32-28(24)35-34-27)29(37)33-26-17-36(2)16-25(26)21-5-3-4-20(13-21)19-6-9-30-10-7-19/h3-15,25-26H,16-17H2,1-2H3,(H,33,37)(H,32,34,35)/t25-,26+/m1/s1. The van der Waals surface area contributed by atoms with Crippen molar-refractivity contribution in [2.75, 3.05) is 20.1 Å². The molecule has 0 spiro atoms. The van der Waals surface area contributed by atoms with E-state index >= 15 is 0 Å². The number of H-pyrrole nitrogens is 1. The molecule has 184 valence electrons. The third-order valence-corrected chi connectivity index (χ3v) is 7.00. The fourth-order valence-corrected chi connectivity index (χ4v) is 5.17. The van der Waals surface area contributed by atoms with Gasteiger partial charge < -0.3 is 10.2 Å². The van der Waals surface area contributed by atoms with E-state index in [1.165, 1.54) is 5.56 Å². The average Bonchev–Trinajstić information content (AvgIpc) is 3.52. The first kappa shape index (κ1) is 23.0. The minimum atomic E-state index is -0.136. The molecule has 37 heavy (non-hydrogen) atoms. The molecule has 1 aliphatic rings. The summed E-state index contributed by atoms with van der Waals surface area (Å²) in [6, 6.07) is 18.3. The number of likely N-dealkylation sites (tertiary alicyclic amines) is 1. The van der Waals surface area contributed by atoms with E-state index in [2.05, 4.69) is 66.7 Å². The topological polar surface area (TPSA) is 99.7 Å². The van der Waals surface area contributed by atoms with Crippen LogP contribution >= 0.6 is 0 Å². The number of carbonyl (C=O) groups excluding carboxylic acids is 1. The van der Waals surface area contributed by atoms with Crippen molar-refractivity contribution in [2.45, 2.75) is 18.9 Å². The van der Waals surface area contributed by atoms with Crippen molar-refractivity contribution in [1.82, 2.24) is 35.4 Å². The molecule has 5 heterocycles. The van der Waals surface area contributed by atoms with Crippen LogP contribution in [0.5, 0.6) is 0 Å². The highest BCUT2D eigenvalue weighted by Crippen LogP contribution is 2.31. The number of aryl methyl sites for hydroxylation is 1. The van der Waals surface area contributed by atoms with Crippen molar-refractivity contribution < 1.29 is 4.79 Å². The molecule has 1 amide bonds. The molecule has 4 aromatic heterocycles. The minimum absolute atomic E-state index is 0.0208. The number of nitrogens with zero attached hydrogens (tertiary/aromatic N) is 5. The van der Waals surface area contributed by atoms with Gasteiger partial charge in [-0.1, -0.05) is 24.3 Å². The Morgan fingerprint density at radius 3 is 2.65 bits per heavy atom. The Morgan fingerprint density at radius 2 is 1.81 bits per heavy atom. The summed E-state index contributed by atoms with van der Waals surface area (Å²) >= 11 is 0. The van der Waals surface area contributed by atoms with E-state index in [-0.39, 0.29) is 17.9 Å². The average molecular weight is 490 g/mol. The third-order valence-electron chi connectivity index (χ3n) is 7.00. The van der Waals surface area contributed by atoms with E-state index in [1.807, 2.05) is 37.3 Å². The summed E-state index contributed by atoms with van der Waals surface area (Å²) in [6.07, 6.45) is 6.98. The zero-order chi connectivity index (χ0) is 25.4. The van der Waals surface area contributed by atoms with Crippen LogP contribution in [0.15, 0.2) is 79.4 Å². The monoisotopic (exact) mass is 489 g/mol. The molecule has 1 saturated heterocycles. The van der Waals surface area contributed by atoms with Gasteiger partial charge in [-0.05, 0) is 61.0 Å². The third kappa shape index (κ3) is 4.59. The maximum atomic E-state index is 13.4. The van der Waals surface area contributed by atoms with Crippen molar-refractivity contribution in [3.05, 3.63) is 96.2 Å². The highest BCUT2D eigenvalue weighted by molar-refractivity contribution is 6.00. The van der Waals surface area contributed by atoms with Gasteiger partial charge in [0.05, 0.1) is 5.56 Å². The molecule has 0 aliphatic carbocycles. The number of hydrogen-bond donors (Lipinski definition) is 2. The maximum absolute atomic E-state index is 13.4.